The molecule has 34 heavy (non-hydrogen) atoms. The van der Waals surface area contributed by atoms with Crippen molar-refractivity contribution in [3.8, 4) is 33.9 Å². The van der Waals surface area contributed by atoms with Gasteiger partial charge in [0.25, 0.3) is 11.1 Å². The van der Waals surface area contributed by atoms with Gasteiger partial charge >= 0.3 is 0 Å². The van der Waals surface area contributed by atoms with Crippen LogP contribution in [0.25, 0.3) is 33.3 Å². The molecule has 0 bridgehead atoms. The van der Waals surface area contributed by atoms with Gasteiger partial charge in [-0.25, -0.2) is 0 Å². The third kappa shape index (κ3) is 3.61. The molecule has 5 aromatic rings. The zero-order chi connectivity index (χ0) is 24.0. The summed E-state index contributed by atoms with van der Waals surface area (Å²) < 4.78 is 9.42. The second kappa shape index (κ2) is 8.19. The summed E-state index contributed by atoms with van der Waals surface area (Å²) in [6.07, 6.45) is 6.85. The van der Waals surface area contributed by atoms with Crippen LogP contribution in [0.3, 0.4) is 0 Å². The second-order valence-electron chi connectivity index (χ2n) is 8.49. The van der Waals surface area contributed by atoms with E-state index < -0.39 is 0 Å². The van der Waals surface area contributed by atoms with E-state index in [1.165, 1.54) is 9.13 Å². The number of aromatic amines is 1. The normalized spacial score (nSPS) is 11.2. The summed E-state index contributed by atoms with van der Waals surface area (Å²) in [5.41, 5.74) is 5.18. The van der Waals surface area contributed by atoms with Gasteiger partial charge in [-0.2, -0.15) is 0 Å². The van der Waals surface area contributed by atoms with Crippen LogP contribution in [0.15, 0.2) is 76.8 Å². The van der Waals surface area contributed by atoms with Crippen molar-refractivity contribution < 1.29 is 4.74 Å². The molecule has 7 nitrogen and oxygen atoms in total. The van der Waals surface area contributed by atoms with Crippen molar-refractivity contribution >= 4 is 10.9 Å². The van der Waals surface area contributed by atoms with Crippen LogP contribution in [0.5, 0.6) is 11.5 Å². The molecule has 0 amide bonds. The predicted molar refractivity (Wildman–Crippen MR) is 133 cm³/mol. The lowest BCUT2D eigenvalue weighted by atomic mass is 10.0. The number of nitrogens with one attached hydrogen (secondary N) is 1. The SMILES string of the molecule is Cc1cccc(C)c1Oc1cn(C)c(=O)cc1-c1cn(C)c(=O)c2[nH]c(-c3ccncc3)cc12. The van der Waals surface area contributed by atoms with Crippen LogP contribution < -0.4 is 15.9 Å². The fourth-order valence-corrected chi connectivity index (χ4v) is 4.20. The molecule has 0 radical (unpaired) electrons. The largest absolute Gasteiger partial charge is 0.455 e. The van der Waals surface area contributed by atoms with E-state index in [4.69, 9.17) is 4.74 Å². The molecule has 4 heterocycles. The highest BCUT2D eigenvalue weighted by atomic mass is 16.5. The molecule has 1 aromatic carbocycles. The maximum atomic E-state index is 13.0. The van der Waals surface area contributed by atoms with Gasteiger partial charge in [0, 0.05) is 66.5 Å². The number of aromatic nitrogens is 4. The molecule has 7 heteroatoms. The van der Waals surface area contributed by atoms with Crippen molar-refractivity contribution in [2.24, 2.45) is 14.1 Å². The minimum absolute atomic E-state index is 0.153. The number of aryl methyl sites for hydroxylation is 4. The Kier molecular flexibility index (Phi) is 5.17. The first-order valence-electron chi connectivity index (χ1n) is 10.9. The van der Waals surface area contributed by atoms with Gasteiger partial charge in [-0.05, 0) is 43.2 Å². The van der Waals surface area contributed by atoms with Crippen molar-refractivity contribution in [3.05, 3.63) is 99.1 Å². The quantitative estimate of drug-likeness (QED) is 0.428. The van der Waals surface area contributed by atoms with E-state index in [1.807, 2.05) is 50.2 Å². The Hall–Kier alpha value is -4.39. The highest BCUT2D eigenvalue weighted by Gasteiger charge is 2.19. The number of hydrogen-bond donors (Lipinski definition) is 1. The summed E-state index contributed by atoms with van der Waals surface area (Å²) >= 11 is 0. The molecule has 0 saturated heterocycles. The molecule has 0 spiro atoms. The smallest absolute Gasteiger partial charge is 0.274 e. The van der Waals surface area contributed by atoms with Crippen LogP contribution in [0.2, 0.25) is 0 Å². The summed E-state index contributed by atoms with van der Waals surface area (Å²) in [5.74, 6) is 1.28. The van der Waals surface area contributed by atoms with Crippen LogP contribution in [-0.2, 0) is 14.1 Å². The summed E-state index contributed by atoms with van der Waals surface area (Å²) in [6.45, 7) is 3.98. The van der Waals surface area contributed by atoms with Crippen LogP contribution in [-0.4, -0.2) is 19.1 Å². The van der Waals surface area contributed by atoms with E-state index in [2.05, 4.69) is 9.97 Å². The number of para-hydroxylation sites is 1. The maximum Gasteiger partial charge on any atom is 0.274 e. The Labute approximate surface area is 195 Å². The molecule has 0 aliphatic heterocycles. The summed E-state index contributed by atoms with van der Waals surface area (Å²) in [5, 5.41) is 0.717. The zero-order valence-corrected chi connectivity index (χ0v) is 19.4. The van der Waals surface area contributed by atoms with Crippen LogP contribution >= 0.6 is 0 Å². The van der Waals surface area contributed by atoms with Crippen LogP contribution in [0.4, 0.5) is 0 Å². The highest BCUT2D eigenvalue weighted by Crippen LogP contribution is 2.38. The average molecular weight is 453 g/mol. The third-order valence-electron chi connectivity index (χ3n) is 6.06. The number of benzene rings is 1. The molecule has 170 valence electrons. The predicted octanol–water partition coefficient (Wildman–Crippen LogP) is 4.70. The van der Waals surface area contributed by atoms with Gasteiger partial charge < -0.3 is 18.9 Å². The van der Waals surface area contributed by atoms with Crippen molar-refractivity contribution in [1.29, 1.82) is 0 Å². The fourth-order valence-electron chi connectivity index (χ4n) is 4.20. The number of ether oxygens (including phenoxy) is 1. The monoisotopic (exact) mass is 452 g/mol. The van der Waals surface area contributed by atoms with Crippen molar-refractivity contribution in [2.45, 2.75) is 13.8 Å². The van der Waals surface area contributed by atoms with Crippen molar-refractivity contribution in [2.75, 3.05) is 0 Å². The lowest BCUT2D eigenvalue weighted by Crippen LogP contribution is -2.18. The number of rotatable bonds is 4. The Balaban J connectivity index is 1.78. The van der Waals surface area contributed by atoms with Gasteiger partial charge in [-0.15, -0.1) is 0 Å². The Morgan fingerprint density at radius 3 is 2.29 bits per heavy atom. The van der Waals surface area contributed by atoms with Gasteiger partial charge in [0.15, 0.2) is 5.75 Å². The number of fused-ring (bicyclic) bond motifs is 1. The number of nitrogens with zero attached hydrogens (tertiary/aromatic N) is 3. The highest BCUT2D eigenvalue weighted by molar-refractivity contribution is 5.98. The molecule has 0 aliphatic carbocycles. The molecular formula is C27H24N4O3. The molecule has 0 fully saturated rings. The van der Waals surface area contributed by atoms with Gasteiger partial charge in [-0.1, -0.05) is 18.2 Å². The topological polar surface area (TPSA) is 81.9 Å². The lowest BCUT2D eigenvalue weighted by Gasteiger charge is -2.17. The summed E-state index contributed by atoms with van der Waals surface area (Å²) in [7, 11) is 3.39. The molecule has 0 unspecified atom stereocenters. The first-order chi connectivity index (χ1) is 16.3. The number of pyridine rings is 3. The van der Waals surface area contributed by atoms with E-state index in [9.17, 15) is 9.59 Å². The summed E-state index contributed by atoms with van der Waals surface area (Å²) in [6, 6.07) is 13.2. The van der Waals surface area contributed by atoms with Crippen LogP contribution in [0, 0.1) is 13.8 Å². The van der Waals surface area contributed by atoms with Crippen molar-refractivity contribution in [3.63, 3.8) is 0 Å². The molecule has 4 aromatic heterocycles. The second-order valence-corrected chi connectivity index (χ2v) is 8.49. The van der Waals surface area contributed by atoms with Gasteiger partial charge in [0.2, 0.25) is 0 Å². The molecule has 0 atom stereocenters. The first kappa shape index (κ1) is 21.5. The Bertz CT molecular complexity index is 1640. The van der Waals surface area contributed by atoms with Gasteiger partial charge in [0.1, 0.15) is 11.3 Å². The number of hydrogen-bond acceptors (Lipinski definition) is 4. The van der Waals surface area contributed by atoms with Crippen molar-refractivity contribution in [1.82, 2.24) is 19.1 Å². The van der Waals surface area contributed by atoms with E-state index in [0.29, 0.717) is 16.8 Å². The first-order valence-corrected chi connectivity index (χ1v) is 10.9. The van der Waals surface area contributed by atoms with E-state index in [1.54, 1.807) is 44.9 Å². The molecular weight excluding hydrogens is 428 g/mol. The van der Waals surface area contributed by atoms with E-state index >= 15 is 0 Å². The molecule has 5 rings (SSSR count). The van der Waals surface area contributed by atoms with Gasteiger partial charge in [-0.3, -0.25) is 14.6 Å². The standard InChI is InChI=1S/C27H24N4O3/c1-16-6-5-7-17(2)26(16)34-23-15-30(3)24(32)13-19(23)21-14-31(4)27(33)25-20(21)12-22(29-25)18-8-10-28-11-9-18/h5-15,29H,1-4H3. The fraction of sp³-hybridized carbons (Fsp3) is 0.148. The third-order valence-corrected chi connectivity index (χ3v) is 6.06. The van der Waals surface area contributed by atoms with Crippen LogP contribution in [0.1, 0.15) is 11.1 Å². The Morgan fingerprint density at radius 2 is 1.59 bits per heavy atom. The minimum atomic E-state index is -0.171. The molecule has 1 N–H and O–H groups in total. The average Bonchev–Trinajstić information content (AvgIpc) is 3.27. The number of H-pyrrole nitrogens is 1. The summed E-state index contributed by atoms with van der Waals surface area (Å²) in [4.78, 5) is 33.0. The van der Waals surface area contributed by atoms with E-state index in [-0.39, 0.29) is 11.1 Å². The minimum Gasteiger partial charge on any atom is -0.455 e. The maximum absolute atomic E-state index is 13.0. The lowest BCUT2D eigenvalue weighted by molar-refractivity contribution is 0.470. The Morgan fingerprint density at radius 1 is 0.882 bits per heavy atom. The van der Waals surface area contributed by atoms with Gasteiger partial charge in [0.05, 0.1) is 6.20 Å². The molecule has 0 saturated carbocycles. The molecule has 0 aliphatic rings. The zero-order valence-electron chi connectivity index (χ0n) is 19.4. The van der Waals surface area contributed by atoms with E-state index in [0.717, 1.165) is 39.1 Å².